The van der Waals surface area contributed by atoms with Crippen LogP contribution in [-0.4, -0.2) is 22.8 Å². The first kappa shape index (κ1) is 16.7. The lowest BCUT2D eigenvalue weighted by Gasteiger charge is -2.13. The van der Waals surface area contributed by atoms with Crippen LogP contribution in [0.15, 0.2) is 53.6 Å². The number of nitrogens with two attached hydrogens (primary N) is 1. The summed E-state index contributed by atoms with van der Waals surface area (Å²) in [7, 11) is -3.97. The van der Waals surface area contributed by atoms with E-state index in [4.69, 9.17) is 27.7 Å². The maximum atomic E-state index is 13.0. The van der Waals surface area contributed by atoms with Gasteiger partial charge in [-0.2, -0.15) is 0 Å². The fourth-order valence-corrected chi connectivity index (χ4v) is 4.10. The molecule has 0 fully saturated rings. The summed E-state index contributed by atoms with van der Waals surface area (Å²) in [5, 5.41) is 18.8. The van der Waals surface area contributed by atoms with E-state index in [2.05, 4.69) is 0 Å². The first-order valence-electron chi connectivity index (χ1n) is 6.88. The van der Waals surface area contributed by atoms with Crippen LogP contribution in [0.3, 0.4) is 0 Å². The Hall–Kier alpha value is -2.10. The molecule has 0 spiro atoms. The van der Waals surface area contributed by atoms with Gasteiger partial charge >= 0.3 is 0 Å². The van der Waals surface area contributed by atoms with Crippen molar-refractivity contribution in [2.24, 2.45) is 5.73 Å². The normalized spacial score (nSPS) is 11.8. The first-order chi connectivity index (χ1) is 11.4. The van der Waals surface area contributed by atoms with Crippen LogP contribution in [0.2, 0.25) is 5.02 Å². The molecular weight excluding hydrogens is 354 g/mol. The average molecular weight is 368 g/mol. The van der Waals surface area contributed by atoms with E-state index in [0.717, 1.165) is 15.4 Å². The highest BCUT2D eigenvalue weighted by molar-refractivity contribution is 7.90. The van der Waals surface area contributed by atoms with Gasteiger partial charge in [0.1, 0.15) is 5.69 Å². The van der Waals surface area contributed by atoms with Crippen LogP contribution in [0, 0.1) is 0 Å². The van der Waals surface area contributed by atoms with Crippen LogP contribution in [0.4, 0.5) is 5.69 Å². The van der Waals surface area contributed by atoms with Crippen LogP contribution >= 0.6 is 11.6 Å². The minimum absolute atomic E-state index is 0.000962. The van der Waals surface area contributed by atoms with Gasteiger partial charge in [0.2, 0.25) is 0 Å². The van der Waals surface area contributed by atoms with Gasteiger partial charge in [-0.1, -0.05) is 29.8 Å². The molecular formula is C15H14ClN3O4S. The largest absolute Gasteiger partial charge is 0.326 e. The molecule has 1 aromatic heterocycles. The molecule has 0 radical (unpaired) electrons. The standard InChI is InChI=1S/C15H14ClN3O4S/c16-13-6-5-11(7-15(13)19(20)21)24(22,23)18-9-10(8-17)12-3-1-2-4-14(12)18/h1-7,9,20-21H,8,17H2. The fraction of sp³-hybridized carbons (Fsp3) is 0.0667. The molecule has 0 unspecified atom stereocenters. The Morgan fingerprint density at radius 3 is 2.54 bits per heavy atom. The van der Waals surface area contributed by atoms with Gasteiger partial charge in [0.15, 0.2) is 0 Å². The number of halogens is 1. The molecule has 0 saturated heterocycles. The summed E-state index contributed by atoms with van der Waals surface area (Å²) in [5.74, 6) is 0. The van der Waals surface area contributed by atoms with Gasteiger partial charge in [-0.05, 0) is 29.8 Å². The molecule has 126 valence electrons. The Bertz CT molecular complexity index is 1010. The zero-order valence-corrected chi connectivity index (χ0v) is 13.9. The summed E-state index contributed by atoms with van der Waals surface area (Å²) >= 11 is 5.83. The maximum Gasteiger partial charge on any atom is 0.268 e. The summed E-state index contributed by atoms with van der Waals surface area (Å²) in [6.45, 7) is 0.190. The number of nitrogens with zero attached hydrogens (tertiary/aromatic N) is 2. The topological polar surface area (TPSA) is 109 Å². The third-order valence-corrected chi connectivity index (χ3v) is 5.66. The van der Waals surface area contributed by atoms with E-state index >= 15 is 0 Å². The highest BCUT2D eigenvalue weighted by atomic mass is 35.5. The van der Waals surface area contributed by atoms with E-state index in [0.29, 0.717) is 11.1 Å². The Morgan fingerprint density at radius 2 is 1.88 bits per heavy atom. The summed E-state index contributed by atoms with van der Waals surface area (Å²) in [5.41, 5.74) is 6.63. The van der Waals surface area contributed by atoms with E-state index in [1.807, 2.05) is 0 Å². The smallest absolute Gasteiger partial charge is 0.268 e. The second kappa shape index (κ2) is 6.08. The van der Waals surface area contributed by atoms with E-state index in [9.17, 15) is 8.42 Å². The molecule has 1 heterocycles. The van der Waals surface area contributed by atoms with Gasteiger partial charge in [0.25, 0.3) is 10.0 Å². The highest BCUT2D eigenvalue weighted by Crippen LogP contribution is 2.30. The molecule has 0 aliphatic rings. The molecule has 3 rings (SSSR count). The molecule has 0 amide bonds. The van der Waals surface area contributed by atoms with E-state index in [1.54, 1.807) is 24.3 Å². The van der Waals surface area contributed by atoms with Crippen molar-refractivity contribution in [1.29, 1.82) is 0 Å². The third kappa shape index (κ3) is 2.64. The van der Waals surface area contributed by atoms with Crippen molar-refractivity contribution in [3.8, 4) is 0 Å². The van der Waals surface area contributed by atoms with Crippen molar-refractivity contribution < 1.29 is 18.8 Å². The molecule has 0 atom stereocenters. The molecule has 9 heteroatoms. The molecule has 0 saturated carbocycles. The quantitative estimate of drug-likeness (QED) is 0.611. The molecule has 0 aliphatic heterocycles. The van der Waals surface area contributed by atoms with Crippen molar-refractivity contribution in [3.05, 3.63) is 59.2 Å². The van der Waals surface area contributed by atoms with Gasteiger partial charge in [0.05, 0.1) is 15.4 Å². The van der Waals surface area contributed by atoms with Crippen LogP contribution in [0.5, 0.6) is 0 Å². The molecule has 0 aliphatic carbocycles. The Morgan fingerprint density at radius 1 is 1.17 bits per heavy atom. The Balaban J connectivity index is 2.24. The van der Waals surface area contributed by atoms with Gasteiger partial charge in [-0.15, -0.1) is 5.23 Å². The molecule has 7 nitrogen and oxygen atoms in total. The summed E-state index contributed by atoms with van der Waals surface area (Å²) in [6, 6.07) is 10.6. The summed E-state index contributed by atoms with van der Waals surface area (Å²) < 4.78 is 27.0. The predicted octanol–water partition coefficient (Wildman–Crippen LogP) is 2.58. The monoisotopic (exact) mass is 367 g/mol. The molecule has 4 N–H and O–H groups in total. The Labute approximate surface area is 143 Å². The van der Waals surface area contributed by atoms with E-state index in [1.165, 1.54) is 18.3 Å². The zero-order chi connectivity index (χ0) is 17.5. The minimum Gasteiger partial charge on any atom is -0.326 e. The van der Waals surface area contributed by atoms with Crippen LogP contribution in [-0.2, 0) is 16.6 Å². The van der Waals surface area contributed by atoms with Gasteiger partial charge < -0.3 is 5.73 Å². The lowest BCUT2D eigenvalue weighted by molar-refractivity contribution is 0.0291. The van der Waals surface area contributed by atoms with Crippen molar-refractivity contribution in [1.82, 2.24) is 3.97 Å². The number of rotatable bonds is 4. The number of anilines is 1. The number of hydrogen-bond donors (Lipinski definition) is 3. The van der Waals surface area contributed by atoms with Crippen LogP contribution in [0.25, 0.3) is 10.9 Å². The number of hydrogen-bond acceptors (Lipinski definition) is 6. The van der Waals surface area contributed by atoms with Crippen LogP contribution in [0.1, 0.15) is 5.56 Å². The van der Waals surface area contributed by atoms with Gasteiger partial charge in [-0.25, -0.2) is 12.4 Å². The lowest BCUT2D eigenvalue weighted by atomic mass is 10.2. The fourth-order valence-electron chi connectivity index (χ4n) is 2.50. The lowest BCUT2D eigenvalue weighted by Crippen LogP contribution is -2.15. The highest BCUT2D eigenvalue weighted by Gasteiger charge is 2.22. The third-order valence-electron chi connectivity index (χ3n) is 3.67. The molecule has 0 bridgehead atoms. The first-order valence-corrected chi connectivity index (χ1v) is 8.70. The second-order valence-corrected chi connectivity index (χ2v) is 7.30. The zero-order valence-electron chi connectivity index (χ0n) is 12.3. The number of para-hydroxylation sites is 1. The minimum atomic E-state index is -3.97. The molecule has 2 aromatic carbocycles. The SMILES string of the molecule is NCc1cn(S(=O)(=O)c2ccc(Cl)c(N(O)O)c2)c2ccccc12. The summed E-state index contributed by atoms with van der Waals surface area (Å²) in [4.78, 5) is -0.140. The maximum absolute atomic E-state index is 13.0. The summed E-state index contributed by atoms with van der Waals surface area (Å²) in [6.07, 6.45) is 1.46. The van der Waals surface area contributed by atoms with Gasteiger partial charge in [0, 0.05) is 18.1 Å². The van der Waals surface area contributed by atoms with Crippen LogP contribution < -0.4 is 11.0 Å². The second-order valence-electron chi connectivity index (χ2n) is 5.08. The number of aromatic nitrogens is 1. The number of benzene rings is 2. The van der Waals surface area contributed by atoms with Gasteiger partial charge in [-0.3, -0.25) is 10.4 Å². The molecule has 3 aromatic rings. The van der Waals surface area contributed by atoms with E-state index in [-0.39, 0.29) is 27.4 Å². The van der Waals surface area contributed by atoms with Crippen molar-refractivity contribution in [2.75, 3.05) is 5.23 Å². The van der Waals surface area contributed by atoms with Crippen molar-refractivity contribution in [2.45, 2.75) is 11.4 Å². The Kier molecular flexibility index (Phi) is 4.24. The van der Waals surface area contributed by atoms with E-state index < -0.39 is 10.0 Å². The van der Waals surface area contributed by atoms with Crippen molar-refractivity contribution >= 4 is 38.2 Å². The number of fused-ring (bicyclic) bond motifs is 1. The van der Waals surface area contributed by atoms with Crippen molar-refractivity contribution in [3.63, 3.8) is 0 Å². The molecule has 24 heavy (non-hydrogen) atoms. The predicted molar refractivity (Wildman–Crippen MR) is 89.9 cm³/mol. The average Bonchev–Trinajstić information content (AvgIpc) is 2.94.